The third-order valence-electron chi connectivity index (χ3n) is 4.34. The minimum absolute atomic E-state index is 0.0905. The summed E-state index contributed by atoms with van der Waals surface area (Å²) in [6.45, 7) is 1.91. The molecular formula is C19H19ClN2O4. The lowest BCUT2D eigenvalue weighted by Crippen LogP contribution is -2.43. The van der Waals surface area contributed by atoms with E-state index in [1.807, 2.05) is 31.2 Å². The molecule has 0 aromatic heterocycles. The van der Waals surface area contributed by atoms with Crippen LogP contribution in [0.4, 0.5) is 11.4 Å². The topological polar surface area (TPSA) is 67.9 Å². The Balaban J connectivity index is 1.86. The molecule has 136 valence electrons. The van der Waals surface area contributed by atoms with E-state index in [1.165, 1.54) is 31.3 Å². The minimum Gasteiger partial charge on any atom is -0.495 e. The SMILES string of the molecule is COc1cc(NC(=O)C(=O)N2c3ccccc3CC2C)c(OC)cc1Cl. The van der Waals surface area contributed by atoms with E-state index >= 15 is 0 Å². The van der Waals surface area contributed by atoms with Gasteiger partial charge in [-0.3, -0.25) is 9.59 Å². The van der Waals surface area contributed by atoms with Gasteiger partial charge in [-0.15, -0.1) is 0 Å². The van der Waals surface area contributed by atoms with Crippen LogP contribution in [-0.2, 0) is 16.0 Å². The molecule has 1 heterocycles. The molecule has 1 aliphatic heterocycles. The molecule has 0 saturated carbocycles. The maximum Gasteiger partial charge on any atom is 0.316 e. The number of nitrogens with one attached hydrogen (secondary N) is 1. The second kappa shape index (κ2) is 7.25. The molecule has 6 nitrogen and oxygen atoms in total. The Bertz CT molecular complexity index is 869. The molecule has 1 unspecified atom stereocenters. The van der Waals surface area contributed by atoms with E-state index in [4.69, 9.17) is 21.1 Å². The van der Waals surface area contributed by atoms with Crippen molar-refractivity contribution in [2.75, 3.05) is 24.4 Å². The molecule has 1 N–H and O–H groups in total. The molecular weight excluding hydrogens is 356 g/mol. The number of ether oxygens (including phenoxy) is 2. The lowest BCUT2D eigenvalue weighted by molar-refractivity contribution is -0.134. The van der Waals surface area contributed by atoms with E-state index in [0.717, 1.165) is 11.3 Å². The molecule has 0 aliphatic carbocycles. The van der Waals surface area contributed by atoms with Crippen molar-refractivity contribution in [1.82, 2.24) is 0 Å². The standard InChI is InChI=1S/C19H19ClN2O4/c1-11-8-12-6-4-5-7-15(12)22(11)19(24)18(23)21-14-10-16(25-2)13(20)9-17(14)26-3/h4-7,9-11H,8H2,1-3H3,(H,21,23). The number of fused-ring (bicyclic) bond motifs is 1. The molecule has 2 amide bonds. The molecule has 3 rings (SSSR count). The number of anilines is 2. The normalized spacial score (nSPS) is 15.4. The minimum atomic E-state index is -0.753. The molecule has 0 spiro atoms. The number of rotatable bonds is 3. The van der Waals surface area contributed by atoms with E-state index in [9.17, 15) is 9.59 Å². The Morgan fingerprint density at radius 3 is 2.54 bits per heavy atom. The summed E-state index contributed by atoms with van der Waals surface area (Å²) < 4.78 is 10.4. The van der Waals surface area contributed by atoms with Crippen molar-refractivity contribution in [3.8, 4) is 11.5 Å². The summed E-state index contributed by atoms with van der Waals surface area (Å²) in [7, 11) is 2.92. The van der Waals surface area contributed by atoms with E-state index in [0.29, 0.717) is 28.6 Å². The Hall–Kier alpha value is -2.73. The lowest BCUT2D eigenvalue weighted by Gasteiger charge is -2.22. The van der Waals surface area contributed by atoms with Crippen molar-refractivity contribution >= 4 is 34.8 Å². The van der Waals surface area contributed by atoms with Gasteiger partial charge in [-0.05, 0) is 25.0 Å². The van der Waals surface area contributed by atoms with Gasteiger partial charge in [0.15, 0.2) is 0 Å². The summed E-state index contributed by atoms with van der Waals surface area (Å²) in [5.41, 5.74) is 2.12. The number of para-hydroxylation sites is 1. The van der Waals surface area contributed by atoms with Gasteiger partial charge in [0.25, 0.3) is 0 Å². The quantitative estimate of drug-likeness (QED) is 0.837. The van der Waals surface area contributed by atoms with Crippen molar-refractivity contribution in [2.45, 2.75) is 19.4 Å². The van der Waals surface area contributed by atoms with Gasteiger partial charge in [0, 0.05) is 23.9 Å². The van der Waals surface area contributed by atoms with Gasteiger partial charge in [0.2, 0.25) is 0 Å². The molecule has 1 aliphatic rings. The first kappa shape index (κ1) is 18.1. The van der Waals surface area contributed by atoms with E-state index in [2.05, 4.69) is 5.32 Å². The zero-order valence-electron chi connectivity index (χ0n) is 14.7. The van der Waals surface area contributed by atoms with Crippen molar-refractivity contribution < 1.29 is 19.1 Å². The molecule has 26 heavy (non-hydrogen) atoms. The number of amides is 2. The molecule has 2 aromatic carbocycles. The van der Waals surface area contributed by atoms with Crippen molar-refractivity contribution in [3.63, 3.8) is 0 Å². The highest BCUT2D eigenvalue weighted by molar-refractivity contribution is 6.45. The predicted octanol–water partition coefficient (Wildman–Crippen LogP) is 3.27. The van der Waals surface area contributed by atoms with E-state index in [1.54, 1.807) is 0 Å². The molecule has 2 aromatic rings. The summed E-state index contributed by atoms with van der Waals surface area (Å²) in [6, 6.07) is 10.5. The van der Waals surface area contributed by atoms with Crippen LogP contribution in [0.1, 0.15) is 12.5 Å². The third kappa shape index (κ3) is 3.20. The van der Waals surface area contributed by atoms with Crippen LogP contribution in [0.5, 0.6) is 11.5 Å². The van der Waals surface area contributed by atoms with Gasteiger partial charge >= 0.3 is 11.8 Å². The fourth-order valence-electron chi connectivity index (χ4n) is 3.12. The second-order valence-corrected chi connectivity index (χ2v) is 6.41. The van der Waals surface area contributed by atoms with Crippen LogP contribution in [0.25, 0.3) is 0 Å². The fourth-order valence-corrected chi connectivity index (χ4v) is 3.35. The number of carbonyl (C=O) groups is 2. The maximum atomic E-state index is 12.8. The van der Waals surface area contributed by atoms with Gasteiger partial charge in [0.05, 0.1) is 24.9 Å². The average Bonchev–Trinajstić information content (AvgIpc) is 2.97. The number of benzene rings is 2. The van der Waals surface area contributed by atoms with Gasteiger partial charge in [0.1, 0.15) is 11.5 Å². The molecule has 0 saturated heterocycles. The van der Waals surface area contributed by atoms with Gasteiger partial charge in [-0.1, -0.05) is 29.8 Å². The van der Waals surface area contributed by atoms with Gasteiger partial charge in [-0.25, -0.2) is 0 Å². The summed E-state index contributed by atoms with van der Waals surface area (Å²) >= 11 is 6.07. The smallest absolute Gasteiger partial charge is 0.316 e. The summed E-state index contributed by atoms with van der Waals surface area (Å²) in [6.07, 6.45) is 0.716. The fraction of sp³-hybridized carbons (Fsp3) is 0.263. The number of hydrogen-bond acceptors (Lipinski definition) is 4. The summed E-state index contributed by atoms with van der Waals surface area (Å²) in [5.74, 6) is -0.670. The zero-order chi connectivity index (χ0) is 18.8. The Labute approximate surface area is 156 Å². The number of carbonyl (C=O) groups excluding carboxylic acids is 2. The average molecular weight is 375 g/mol. The number of halogens is 1. The van der Waals surface area contributed by atoms with Crippen LogP contribution >= 0.6 is 11.6 Å². The first-order valence-corrected chi connectivity index (χ1v) is 8.48. The zero-order valence-corrected chi connectivity index (χ0v) is 15.5. The lowest BCUT2D eigenvalue weighted by atomic mass is 10.1. The second-order valence-electron chi connectivity index (χ2n) is 6.00. The van der Waals surface area contributed by atoms with Crippen LogP contribution < -0.4 is 19.7 Å². The molecule has 0 bridgehead atoms. The Kier molecular flexibility index (Phi) is 5.04. The number of hydrogen-bond donors (Lipinski definition) is 1. The Morgan fingerprint density at radius 2 is 1.85 bits per heavy atom. The summed E-state index contributed by atoms with van der Waals surface area (Å²) in [4.78, 5) is 26.9. The Morgan fingerprint density at radius 1 is 1.15 bits per heavy atom. The van der Waals surface area contributed by atoms with Gasteiger partial charge < -0.3 is 19.7 Å². The van der Waals surface area contributed by atoms with Crippen LogP contribution in [0.2, 0.25) is 5.02 Å². The van der Waals surface area contributed by atoms with Gasteiger partial charge in [-0.2, -0.15) is 0 Å². The van der Waals surface area contributed by atoms with E-state index in [-0.39, 0.29) is 6.04 Å². The van der Waals surface area contributed by atoms with Crippen LogP contribution in [0, 0.1) is 0 Å². The summed E-state index contributed by atoms with van der Waals surface area (Å²) in [5, 5.41) is 2.94. The first-order valence-electron chi connectivity index (χ1n) is 8.10. The molecule has 1 atom stereocenters. The molecule has 0 radical (unpaired) electrons. The third-order valence-corrected chi connectivity index (χ3v) is 4.64. The highest BCUT2D eigenvalue weighted by Gasteiger charge is 2.34. The largest absolute Gasteiger partial charge is 0.495 e. The van der Waals surface area contributed by atoms with Crippen LogP contribution in [0.15, 0.2) is 36.4 Å². The van der Waals surface area contributed by atoms with Crippen LogP contribution in [-0.4, -0.2) is 32.1 Å². The molecule has 7 heteroatoms. The predicted molar refractivity (Wildman–Crippen MR) is 100 cm³/mol. The number of methoxy groups -OCH3 is 2. The van der Waals surface area contributed by atoms with E-state index < -0.39 is 11.8 Å². The van der Waals surface area contributed by atoms with Crippen molar-refractivity contribution in [2.24, 2.45) is 0 Å². The maximum absolute atomic E-state index is 12.8. The highest BCUT2D eigenvalue weighted by atomic mass is 35.5. The van der Waals surface area contributed by atoms with Crippen molar-refractivity contribution in [1.29, 1.82) is 0 Å². The monoisotopic (exact) mass is 374 g/mol. The van der Waals surface area contributed by atoms with Crippen molar-refractivity contribution in [3.05, 3.63) is 47.0 Å². The van der Waals surface area contributed by atoms with Crippen LogP contribution in [0.3, 0.4) is 0 Å². The first-order chi connectivity index (χ1) is 12.5. The number of nitrogens with zero attached hydrogens (tertiary/aromatic N) is 1. The molecule has 0 fully saturated rings. The highest BCUT2D eigenvalue weighted by Crippen LogP contribution is 2.36.